The molecule has 0 unspecified atom stereocenters. The lowest BCUT2D eigenvalue weighted by atomic mass is 10.2. The Labute approximate surface area is 113 Å². The molecule has 0 saturated carbocycles. The molecule has 0 radical (unpaired) electrons. The molecule has 2 N–H and O–H groups in total. The van der Waals surface area contributed by atoms with Gasteiger partial charge in [-0.2, -0.15) is 13.2 Å². The van der Waals surface area contributed by atoms with Crippen molar-refractivity contribution in [1.82, 2.24) is 10.6 Å². The fourth-order valence-electron chi connectivity index (χ4n) is 1.21. The molecular formula is C12H13F3N2O3. The third-order valence-corrected chi connectivity index (χ3v) is 2.15. The molecule has 0 bridgehead atoms. The molecule has 2 amide bonds. The summed E-state index contributed by atoms with van der Waals surface area (Å²) in [5.41, 5.74) is 0.785. The van der Waals surface area contributed by atoms with Gasteiger partial charge < -0.3 is 15.4 Å². The zero-order valence-corrected chi connectivity index (χ0v) is 10.4. The summed E-state index contributed by atoms with van der Waals surface area (Å²) in [6.45, 7) is -0.435. The molecule has 1 aromatic carbocycles. The van der Waals surface area contributed by atoms with Gasteiger partial charge in [-0.3, -0.25) is 4.79 Å². The van der Waals surface area contributed by atoms with Crippen molar-refractivity contribution in [2.24, 2.45) is 0 Å². The number of alkyl halides is 3. The number of carbonyl (C=O) groups is 2. The van der Waals surface area contributed by atoms with E-state index in [1.807, 2.05) is 6.07 Å². The molecule has 0 aliphatic carbocycles. The van der Waals surface area contributed by atoms with E-state index in [1.54, 1.807) is 29.6 Å². The first-order chi connectivity index (χ1) is 9.39. The van der Waals surface area contributed by atoms with Crippen molar-refractivity contribution < 1.29 is 27.5 Å². The first-order valence-corrected chi connectivity index (χ1v) is 5.69. The Morgan fingerprint density at radius 2 is 1.65 bits per heavy atom. The van der Waals surface area contributed by atoms with E-state index in [9.17, 15) is 22.8 Å². The number of alkyl carbamates (subject to hydrolysis) is 1. The van der Waals surface area contributed by atoms with Crippen molar-refractivity contribution in [2.75, 3.05) is 13.1 Å². The standard InChI is InChI=1S/C12H13F3N2O3/c13-12(14,15)10(18)16-6-7-17-11(19)20-8-9-4-2-1-3-5-9/h1-5H,6-8H2,(H,16,18)(H,17,19). The smallest absolute Gasteiger partial charge is 0.445 e. The fourth-order valence-corrected chi connectivity index (χ4v) is 1.21. The molecule has 8 heteroatoms. The summed E-state index contributed by atoms with van der Waals surface area (Å²) in [5.74, 6) is -2.04. The average molecular weight is 290 g/mol. The number of halogens is 3. The Kier molecular flexibility index (Phi) is 5.82. The van der Waals surface area contributed by atoms with Crippen molar-refractivity contribution in [3.63, 3.8) is 0 Å². The van der Waals surface area contributed by atoms with E-state index < -0.39 is 18.2 Å². The van der Waals surface area contributed by atoms with Crippen LogP contribution in [0.25, 0.3) is 0 Å². The van der Waals surface area contributed by atoms with E-state index in [4.69, 9.17) is 4.74 Å². The normalized spacial score (nSPS) is 10.8. The van der Waals surface area contributed by atoms with Gasteiger partial charge in [0, 0.05) is 13.1 Å². The highest BCUT2D eigenvalue weighted by Gasteiger charge is 2.38. The van der Waals surface area contributed by atoms with E-state index in [0.717, 1.165) is 5.56 Å². The molecule has 110 valence electrons. The van der Waals surface area contributed by atoms with Crippen molar-refractivity contribution in [3.8, 4) is 0 Å². The number of amides is 2. The Bertz CT molecular complexity index is 449. The monoisotopic (exact) mass is 290 g/mol. The van der Waals surface area contributed by atoms with Crippen LogP contribution < -0.4 is 10.6 Å². The van der Waals surface area contributed by atoms with Gasteiger partial charge in [0.15, 0.2) is 0 Å². The second-order valence-electron chi connectivity index (χ2n) is 3.74. The summed E-state index contributed by atoms with van der Waals surface area (Å²) >= 11 is 0. The number of nitrogens with one attached hydrogen (secondary N) is 2. The lowest BCUT2D eigenvalue weighted by molar-refractivity contribution is -0.173. The average Bonchev–Trinajstić information content (AvgIpc) is 2.41. The van der Waals surface area contributed by atoms with Crippen molar-refractivity contribution in [2.45, 2.75) is 12.8 Å². The minimum absolute atomic E-state index is 0.0571. The second-order valence-corrected chi connectivity index (χ2v) is 3.74. The highest BCUT2D eigenvalue weighted by atomic mass is 19.4. The molecule has 0 fully saturated rings. The lowest BCUT2D eigenvalue weighted by Crippen LogP contribution is -2.41. The van der Waals surface area contributed by atoms with Crippen molar-refractivity contribution in [1.29, 1.82) is 0 Å². The number of ether oxygens (including phenoxy) is 1. The molecule has 0 saturated heterocycles. The van der Waals surface area contributed by atoms with E-state index in [0.29, 0.717) is 0 Å². The minimum atomic E-state index is -4.92. The molecule has 20 heavy (non-hydrogen) atoms. The molecule has 5 nitrogen and oxygen atoms in total. The van der Waals surface area contributed by atoms with E-state index in [1.165, 1.54) is 0 Å². The summed E-state index contributed by atoms with van der Waals surface area (Å²) in [6, 6.07) is 8.90. The Morgan fingerprint density at radius 1 is 1.05 bits per heavy atom. The van der Waals surface area contributed by atoms with Crippen LogP contribution in [0.2, 0.25) is 0 Å². The zero-order valence-electron chi connectivity index (χ0n) is 10.4. The SMILES string of the molecule is O=C(NCCNC(=O)C(F)(F)F)OCc1ccccc1. The third kappa shape index (κ3) is 6.07. The third-order valence-electron chi connectivity index (χ3n) is 2.15. The number of rotatable bonds is 5. The summed E-state index contributed by atoms with van der Waals surface area (Å²) in [6.07, 6.45) is -5.69. The van der Waals surface area contributed by atoms with E-state index in [2.05, 4.69) is 5.32 Å². The van der Waals surface area contributed by atoms with Gasteiger partial charge in [0.1, 0.15) is 6.61 Å². The van der Waals surface area contributed by atoms with E-state index in [-0.39, 0.29) is 19.7 Å². The topological polar surface area (TPSA) is 67.4 Å². The lowest BCUT2D eigenvalue weighted by Gasteiger charge is -2.09. The maximum absolute atomic E-state index is 11.8. The zero-order chi connectivity index (χ0) is 15.0. The Morgan fingerprint density at radius 3 is 2.25 bits per heavy atom. The maximum Gasteiger partial charge on any atom is 0.471 e. The van der Waals surface area contributed by atoms with Crippen LogP contribution in [0.4, 0.5) is 18.0 Å². The van der Waals surface area contributed by atoms with Crippen LogP contribution in [0.15, 0.2) is 30.3 Å². The molecule has 0 heterocycles. The quantitative estimate of drug-likeness (QED) is 0.809. The van der Waals surface area contributed by atoms with Gasteiger partial charge in [-0.15, -0.1) is 0 Å². The molecule has 0 atom stereocenters. The van der Waals surface area contributed by atoms with Gasteiger partial charge in [0.2, 0.25) is 0 Å². The van der Waals surface area contributed by atoms with Crippen molar-refractivity contribution in [3.05, 3.63) is 35.9 Å². The van der Waals surface area contributed by atoms with Crippen LogP contribution in [0, 0.1) is 0 Å². The predicted octanol–water partition coefficient (Wildman–Crippen LogP) is 1.59. The number of hydrogen-bond acceptors (Lipinski definition) is 3. The highest BCUT2D eigenvalue weighted by molar-refractivity contribution is 5.81. The van der Waals surface area contributed by atoms with Crippen molar-refractivity contribution >= 4 is 12.0 Å². The number of hydrogen-bond donors (Lipinski definition) is 2. The maximum atomic E-state index is 11.8. The molecule has 1 rings (SSSR count). The summed E-state index contributed by atoms with van der Waals surface area (Å²) < 4.78 is 40.3. The molecule has 0 aromatic heterocycles. The van der Waals surface area contributed by atoms with Gasteiger partial charge in [-0.1, -0.05) is 30.3 Å². The van der Waals surface area contributed by atoms with Crippen LogP contribution in [-0.4, -0.2) is 31.3 Å². The van der Waals surface area contributed by atoms with Crippen LogP contribution in [0.5, 0.6) is 0 Å². The van der Waals surface area contributed by atoms with Crippen LogP contribution in [0.3, 0.4) is 0 Å². The number of carbonyl (C=O) groups excluding carboxylic acids is 2. The molecule has 0 spiro atoms. The van der Waals surface area contributed by atoms with Gasteiger partial charge in [-0.25, -0.2) is 4.79 Å². The van der Waals surface area contributed by atoms with E-state index >= 15 is 0 Å². The van der Waals surface area contributed by atoms with Crippen LogP contribution >= 0.6 is 0 Å². The Hall–Kier alpha value is -2.25. The summed E-state index contributed by atoms with van der Waals surface area (Å²) in [5, 5.41) is 3.83. The largest absolute Gasteiger partial charge is 0.471 e. The second kappa shape index (κ2) is 7.37. The minimum Gasteiger partial charge on any atom is -0.445 e. The van der Waals surface area contributed by atoms with Gasteiger partial charge in [0.25, 0.3) is 0 Å². The predicted molar refractivity (Wildman–Crippen MR) is 63.7 cm³/mol. The summed E-state index contributed by atoms with van der Waals surface area (Å²) in [7, 11) is 0. The van der Waals surface area contributed by atoms with Crippen LogP contribution in [0.1, 0.15) is 5.56 Å². The fraction of sp³-hybridized carbons (Fsp3) is 0.333. The van der Waals surface area contributed by atoms with Crippen LogP contribution in [-0.2, 0) is 16.1 Å². The first kappa shape index (κ1) is 15.8. The molecule has 0 aliphatic heterocycles. The molecule has 1 aromatic rings. The highest BCUT2D eigenvalue weighted by Crippen LogP contribution is 2.13. The van der Waals surface area contributed by atoms with Gasteiger partial charge >= 0.3 is 18.2 Å². The number of benzene rings is 1. The van der Waals surface area contributed by atoms with Gasteiger partial charge in [-0.05, 0) is 5.56 Å². The summed E-state index contributed by atoms with van der Waals surface area (Å²) in [4.78, 5) is 21.6. The molecular weight excluding hydrogens is 277 g/mol. The van der Waals surface area contributed by atoms with Gasteiger partial charge in [0.05, 0.1) is 0 Å². The Balaban J connectivity index is 2.13. The molecule has 0 aliphatic rings. The first-order valence-electron chi connectivity index (χ1n) is 5.69.